The second-order valence-corrected chi connectivity index (χ2v) is 23.8. The molecule has 350 valence electrons. The number of hydrogen-bond acceptors (Lipinski definition) is 6. The van der Waals surface area contributed by atoms with Gasteiger partial charge in [0, 0.05) is 115 Å². The van der Waals surface area contributed by atoms with Crippen LogP contribution in [0.4, 0.5) is 0 Å². The van der Waals surface area contributed by atoms with Gasteiger partial charge in [0.2, 0.25) is 0 Å². The molecule has 0 saturated carbocycles. The van der Waals surface area contributed by atoms with Gasteiger partial charge in [-0.25, -0.2) is 0 Å². The first kappa shape index (κ1) is 42.3. The second kappa shape index (κ2) is 15.7. The van der Waals surface area contributed by atoms with Crippen molar-refractivity contribution in [3.63, 3.8) is 0 Å². The maximum atomic E-state index is 12.3. The van der Waals surface area contributed by atoms with Crippen molar-refractivity contribution in [2.24, 2.45) is 0 Å². The predicted octanol–water partition coefficient (Wildman–Crippen LogP) is 20.4. The van der Waals surface area contributed by atoms with Crippen molar-refractivity contribution in [1.29, 1.82) is 10.5 Å². The van der Waals surface area contributed by atoms with Crippen LogP contribution >= 0.6 is 45.3 Å². The summed E-state index contributed by atoms with van der Waals surface area (Å²) in [4.78, 5) is 0. The monoisotopic (exact) mass is 1030 g/mol. The lowest BCUT2D eigenvalue weighted by atomic mass is 9.85. The van der Waals surface area contributed by atoms with E-state index >= 15 is 0 Å². The fraction of sp³-hybridized carbons (Fsp3) is 0. The normalized spacial score (nSPS) is 12.2. The number of benzene rings is 11. The van der Waals surface area contributed by atoms with Crippen LogP contribution in [0.5, 0.6) is 0 Å². The van der Waals surface area contributed by atoms with Gasteiger partial charge in [-0.3, -0.25) is 0 Å². The highest BCUT2D eigenvalue weighted by Crippen LogP contribution is 2.55. The number of para-hydroxylation sites is 2. The second-order valence-electron chi connectivity index (χ2n) is 19.6. The van der Waals surface area contributed by atoms with Crippen molar-refractivity contribution < 1.29 is 0 Å². The molecule has 0 fully saturated rings. The molecule has 17 rings (SSSR count). The highest BCUT2D eigenvalue weighted by atomic mass is 32.1. The lowest BCUT2D eigenvalue weighted by Gasteiger charge is -2.27. The number of fused-ring (bicyclic) bond motifs is 20. The van der Waals surface area contributed by atoms with Gasteiger partial charge >= 0.3 is 0 Å². The molecule has 4 nitrogen and oxygen atoms in total. The van der Waals surface area contributed by atoms with Gasteiger partial charge in [-0.2, -0.15) is 10.5 Å². The Hall–Kier alpha value is -9.12. The summed E-state index contributed by atoms with van der Waals surface area (Å²) < 4.78 is 14.2. The number of nitrogens with zero attached hydrogens (tertiary/aromatic N) is 4. The highest BCUT2D eigenvalue weighted by Gasteiger charge is 2.35. The molecule has 0 amide bonds. The molecular formula is C68H34N4S4. The van der Waals surface area contributed by atoms with E-state index in [0.29, 0.717) is 11.1 Å². The van der Waals surface area contributed by atoms with Crippen LogP contribution in [0.3, 0.4) is 0 Å². The topological polar surface area (TPSA) is 57.4 Å². The molecule has 8 heteroatoms. The Bertz CT molecular complexity index is 5180. The van der Waals surface area contributed by atoms with Crippen LogP contribution in [0.1, 0.15) is 11.1 Å². The van der Waals surface area contributed by atoms with Crippen LogP contribution in [-0.2, 0) is 0 Å². The Morgan fingerprint density at radius 1 is 0.276 bits per heavy atom. The van der Waals surface area contributed by atoms with Gasteiger partial charge in [-0.1, -0.05) is 170 Å². The van der Waals surface area contributed by atoms with Gasteiger partial charge in [0.05, 0.1) is 54.0 Å². The summed E-state index contributed by atoms with van der Waals surface area (Å²) in [5.41, 5.74) is 9.86. The lowest BCUT2D eigenvalue weighted by Crippen LogP contribution is -2.12. The average Bonchev–Trinajstić information content (AvgIpc) is 4.45. The predicted molar refractivity (Wildman–Crippen MR) is 327 cm³/mol. The van der Waals surface area contributed by atoms with Crippen LogP contribution < -0.4 is 0 Å². The zero-order valence-electron chi connectivity index (χ0n) is 40.1. The fourth-order valence-electron chi connectivity index (χ4n) is 12.7. The van der Waals surface area contributed by atoms with Crippen molar-refractivity contribution in [3.8, 4) is 45.8 Å². The zero-order chi connectivity index (χ0) is 49.9. The minimum atomic E-state index is 0.349. The molecule has 0 atom stereocenters. The minimum Gasteiger partial charge on any atom is -0.305 e. The van der Waals surface area contributed by atoms with Gasteiger partial charge in [0.1, 0.15) is 12.1 Å². The molecule has 6 heterocycles. The van der Waals surface area contributed by atoms with Gasteiger partial charge < -0.3 is 9.13 Å². The van der Waals surface area contributed by atoms with Crippen molar-refractivity contribution in [3.05, 3.63) is 217 Å². The zero-order valence-corrected chi connectivity index (χ0v) is 43.3. The SMILES string of the molecule is N#Cc1c(C#N)c(-c2cccc3c2sc2ccccc23)c(-n2c3ccccc3c3ccc4c5ccccc5sc4c32)c(-n2c3ccccc3c3ccc4c5ccccc5sc4c32)c1-c1cccc2c1sc1ccccc12. The lowest BCUT2D eigenvalue weighted by molar-refractivity contribution is 1.10. The molecule has 17 aromatic rings. The molecule has 11 aromatic carbocycles. The summed E-state index contributed by atoms with van der Waals surface area (Å²) in [5.74, 6) is 0. The molecule has 6 aromatic heterocycles. The number of thiophene rings is 4. The van der Waals surface area contributed by atoms with Crippen molar-refractivity contribution in [1.82, 2.24) is 9.13 Å². The first-order chi connectivity index (χ1) is 37.7. The maximum Gasteiger partial charge on any atom is 0.101 e. The molecule has 76 heavy (non-hydrogen) atoms. The Morgan fingerprint density at radius 2 is 0.579 bits per heavy atom. The van der Waals surface area contributed by atoms with Crippen molar-refractivity contribution in [2.75, 3.05) is 0 Å². The summed E-state index contributed by atoms with van der Waals surface area (Å²) >= 11 is 7.13. The molecule has 0 N–H and O–H groups in total. The molecular weight excluding hydrogens is 1000 g/mol. The Kier molecular flexibility index (Phi) is 8.73. The molecule has 0 spiro atoms. The minimum absolute atomic E-state index is 0.349. The maximum absolute atomic E-state index is 12.3. The summed E-state index contributed by atoms with van der Waals surface area (Å²) in [6.07, 6.45) is 0. The van der Waals surface area contributed by atoms with E-state index in [0.717, 1.165) is 127 Å². The van der Waals surface area contributed by atoms with Gasteiger partial charge in [-0.15, -0.1) is 45.3 Å². The molecule has 0 aliphatic rings. The van der Waals surface area contributed by atoms with E-state index in [9.17, 15) is 10.5 Å². The number of aromatic nitrogens is 2. The molecule has 0 unspecified atom stereocenters. The molecule has 0 aliphatic heterocycles. The average molecular weight is 1040 g/mol. The van der Waals surface area contributed by atoms with Gasteiger partial charge in [-0.05, 0) is 36.4 Å². The summed E-state index contributed by atoms with van der Waals surface area (Å²) in [7, 11) is 0. The van der Waals surface area contributed by atoms with Crippen LogP contribution in [0.2, 0.25) is 0 Å². The summed E-state index contributed by atoms with van der Waals surface area (Å²) in [5, 5.41) is 38.4. The van der Waals surface area contributed by atoms with Gasteiger partial charge in [0.15, 0.2) is 0 Å². The van der Waals surface area contributed by atoms with Gasteiger partial charge in [0.25, 0.3) is 0 Å². The van der Waals surface area contributed by atoms with E-state index in [1.54, 1.807) is 22.7 Å². The largest absolute Gasteiger partial charge is 0.305 e. The molecule has 0 bridgehead atoms. The third kappa shape index (κ3) is 5.53. The van der Waals surface area contributed by atoms with E-state index in [1.165, 1.54) is 30.9 Å². The Morgan fingerprint density at radius 3 is 0.961 bits per heavy atom. The quantitative estimate of drug-likeness (QED) is 0.176. The van der Waals surface area contributed by atoms with E-state index in [-0.39, 0.29) is 0 Å². The number of hydrogen-bond donors (Lipinski definition) is 0. The van der Waals surface area contributed by atoms with E-state index in [1.807, 2.05) is 22.7 Å². The van der Waals surface area contributed by atoms with Crippen LogP contribution in [0, 0.1) is 22.7 Å². The van der Waals surface area contributed by atoms with E-state index in [2.05, 4.69) is 228 Å². The summed E-state index contributed by atoms with van der Waals surface area (Å²) in [6.45, 7) is 0. The van der Waals surface area contributed by atoms with Crippen LogP contribution in [0.25, 0.3) is 158 Å². The fourth-order valence-corrected chi connectivity index (χ4v) is 17.6. The third-order valence-corrected chi connectivity index (χ3v) is 20.7. The molecule has 0 aliphatic carbocycles. The van der Waals surface area contributed by atoms with Crippen LogP contribution in [-0.4, -0.2) is 9.13 Å². The summed E-state index contributed by atoms with van der Waals surface area (Å²) in [6, 6.07) is 80.1. The van der Waals surface area contributed by atoms with Crippen molar-refractivity contribution >= 4 is 170 Å². The molecule has 0 radical (unpaired) electrons. The molecule has 0 saturated heterocycles. The number of nitriles is 2. The van der Waals surface area contributed by atoms with E-state index < -0.39 is 0 Å². The first-order valence-corrected chi connectivity index (χ1v) is 28.5. The van der Waals surface area contributed by atoms with Crippen molar-refractivity contribution in [2.45, 2.75) is 0 Å². The smallest absolute Gasteiger partial charge is 0.101 e. The Labute approximate surface area is 449 Å². The number of rotatable bonds is 4. The first-order valence-electron chi connectivity index (χ1n) is 25.2. The standard InChI is InChI=1S/C68H34N4S4/c69-35-51-52(36-70)60(50-24-14-22-46-40-18-4-10-28-56(40)74-66(46)50)64(72-54-26-8-2-16-38(54)44-32-34-48-42-20-6-12-30-58(42)76-68(48)62(44)72)63(59(51)49-23-13-21-45-39-17-3-9-27-55(39)73-65(45)49)71-53-25-7-1-15-37(53)43-31-33-47-41-19-5-11-29-57(41)75-67(47)61(43)71/h1-34H. The van der Waals surface area contributed by atoms with E-state index in [4.69, 9.17) is 0 Å². The third-order valence-electron chi connectivity index (χ3n) is 15.8. The Balaban J connectivity index is 1.21. The highest BCUT2D eigenvalue weighted by molar-refractivity contribution is 7.28. The van der Waals surface area contributed by atoms with Crippen LogP contribution in [0.15, 0.2) is 206 Å².